The first-order chi connectivity index (χ1) is 7.45. The van der Waals surface area contributed by atoms with Crippen LogP contribution < -0.4 is 11.1 Å². The molecule has 5 heteroatoms. The average molecular weight is 230 g/mol. The number of rotatable bonds is 3. The molecule has 0 radical (unpaired) electrons. The van der Waals surface area contributed by atoms with E-state index in [1.54, 1.807) is 13.1 Å². The van der Waals surface area contributed by atoms with E-state index in [-0.39, 0.29) is 5.69 Å². The van der Waals surface area contributed by atoms with Gasteiger partial charge in [0.15, 0.2) is 0 Å². The topological polar surface area (TPSA) is 38.0 Å². The Morgan fingerprint density at radius 3 is 2.56 bits per heavy atom. The van der Waals surface area contributed by atoms with E-state index in [9.17, 15) is 13.2 Å². The maximum Gasteiger partial charge on any atom is 0.418 e. The molecule has 0 aliphatic carbocycles. The number of nitrogens with one attached hydrogen (secondary N) is 1. The summed E-state index contributed by atoms with van der Waals surface area (Å²) in [6.45, 7) is 0.654. The molecule has 0 unspecified atom stereocenters. The zero-order valence-electron chi connectivity index (χ0n) is 8.81. The molecule has 0 aliphatic rings. The molecule has 0 heterocycles. The van der Waals surface area contributed by atoms with Gasteiger partial charge in [-0.15, -0.1) is 0 Å². The van der Waals surface area contributed by atoms with Crippen molar-refractivity contribution in [2.75, 3.05) is 19.3 Å². The number of halogens is 3. The summed E-state index contributed by atoms with van der Waals surface area (Å²) in [5, 5.41) is 2.89. The van der Waals surface area contributed by atoms with E-state index in [2.05, 4.69) is 5.32 Å². The minimum absolute atomic E-state index is 0.251. The molecular weight excluding hydrogens is 217 g/mol. The maximum absolute atomic E-state index is 12.4. The second-order valence-electron chi connectivity index (χ2n) is 3.30. The number of anilines is 1. The van der Waals surface area contributed by atoms with Gasteiger partial charge in [-0.2, -0.15) is 13.2 Å². The highest BCUT2D eigenvalue weighted by Gasteiger charge is 2.32. The molecule has 3 N–H and O–H groups in total. The van der Waals surface area contributed by atoms with Gasteiger partial charge in [0, 0.05) is 12.2 Å². The molecule has 1 aromatic rings. The lowest BCUT2D eigenvalue weighted by atomic mass is 10.1. The second kappa shape index (κ2) is 5.03. The van der Waals surface area contributed by atoms with E-state index in [1.807, 2.05) is 6.08 Å². The Labute approximate surface area is 92.0 Å². The quantitative estimate of drug-likeness (QED) is 0.783. The lowest BCUT2D eigenvalue weighted by molar-refractivity contribution is -0.136. The summed E-state index contributed by atoms with van der Waals surface area (Å²) in [5.41, 5.74) is 4.95. The summed E-state index contributed by atoms with van der Waals surface area (Å²) in [4.78, 5) is 0. The van der Waals surface area contributed by atoms with Crippen LogP contribution >= 0.6 is 0 Å². The minimum Gasteiger partial charge on any atom is -0.398 e. The van der Waals surface area contributed by atoms with Crippen LogP contribution in [0.2, 0.25) is 0 Å². The van der Waals surface area contributed by atoms with Crippen molar-refractivity contribution in [2.45, 2.75) is 6.18 Å². The number of hydrogen-bond acceptors (Lipinski definition) is 2. The van der Waals surface area contributed by atoms with Crippen molar-refractivity contribution in [2.24, 2.45) is 0 Å². The Hall–Kier alpha value is -1.49. The molecule has 0 spiro atoms. The third kappa shape index (κ3) is 3.27. The van der Waals surface area contributed by atoms with E-state index >= 15 is 0 Å². The van der Waals surface area contributed by atoms with E-state index < -0.39 is 11.7 Å². The van der Waals surface area contributed by atoms with Gasteiger partial charge in [0.05, 0.1) is 5.56 Å². The SMILES string of the molecule is CNCC=Cc1ccc(C(F)(F)F)c(N)c1. The van der Waals surface area contributed by atoms with Gasteiger partial charge in [0.1, 0.15) is 0 Å². The van der Waals surface area contributed by atoms with Crippen LogP contribution in [0.25, 0.3) is 6.08 Å². The minimum atomic E-state index is -4.39. The third-order valence-electron chi connectivity index (χ3n) is 2.01. The third-order valence-corrected chi connectivity index (χ3v) is 2.01. The van der Waals surface area contributed by atoms with Crippen LogP contribution in [-0.4, -0.2) is 13.6 Å². The molecule has 0 aliphatic heterocycles. The van der Waals surface area contributed by atoms with Gasteiger partial charge in [0.25, 0.3) is 0 Å². The lowest BCUT2D eigenvalue weighted by Crippen LogP contribution is -2.08. The second-order valence-corrected chi connectivity index (χ2v) is 3.30. The van der Waals surface area contributed by atoms with Crippen LogP contribution in [0.1, 0.15) is 11.1 Å². The lowest BCUT2D eigenvalue weighted by Gasteiger charge is -2.09. The molecule has 0 atom stereocenters. The highest BCUT2D eigenvalue weighted by atomic mass is 19.4. The Bertz CT molecular complexity index is 383. The van der Waals surface area contributed by atoms with Gasteiger partial charge in [-0.05, 0) is 24.7 Å². The zero-order valence-corrected chi connectivity index (χ0v) is 8.81. The fourth-order valence-corrected chi connectivity index (χ4v) is 1.26. The number of nitrogens with two attached hydrogens (primary N) is 1. The fourth-order valence-electron chi connectivity index (χ4n) is 1.26. The molecule has 1 aromatic carbocycles. The number of likely N-dealkylation sites (N-methyl/N-ethyl adjacent to an activating group) is 1. The molecule has 16 heavy (non-hydrogen) atoms. The fraction of sp³-hybridized carbons (Fsp3) is 0.273. The van der Waals surface area contributed by atoms with Crippen LogP contribution in [0.4, 0.5) is 18.9 Å². The molecule has 0 aromatic heterocycles. The first kappa shape index (κ1) is 12.6. The molecule has 88 valence electrons. The van der Waals surface area contributed by atoms with Crippen LogP contribution in [0.3, 0.4) is 0 Å². The maximum atomic E-state index is 12.4. The normalized spacial score (nSPS) is 12.2. The molecule has 0 saturated carbocycles. The van der Waals surface area contributed by atoms with Crippen molar-refractivity contribution in [3.05, 3.63) is 35.4 Å². The molecule has 0 bridgehead atoms. The highest BCUT2D eigenvalue weighted by molar-refractivity contribution is 5.59. The zero-order chi connectivity index (χ0) is 12.2. The van der Waals surface area contributed by atoms with Gasteiger partial charge >= 0.3 is 6.18 Å². The van der Waals surface area contributed by atoms with Crippen LogP contribution in [0.5, 0.6) is 0 Å². The Balaban J connectivity index is 2.91. The van der Waals surface area contributed by atoms with Crippen molar-refractivity contribution in [1.29, 1.82) is 0 Å². The molecule has 0 fully saturated rings. The van der Waals surface area contributed by atoms with Crippen molar-refractivity contribution in [1.82, 2.24) is 5.32 Å². The van der Waals surface area contributed by atoms with E-state index in [4.69, 9.17) is 5.73 Å². The van der Waals surface area contributed by atoms with Crippen LogP contribution in [0, 0.1) is 0 Å². The van der Waals surface area contributed by atoms with Crippen molar-refractivity contribution < 1.29 is 13.2 Å². The highest BCUT2D eigenvalue weighted by Crippen LogP contribution is 2.33. The van der Waals surface area contributed by atoms with Crippen molar-refractivity contribution in [3.8, 4) is 0 Å². The Morgan fingerprint density at radius 1 is 1.38 bits per heavy atom. The first-order valence-corrected chi connectivity index (χ1v) is 4.73. The van der Waals surface area contributed by atoms with Gasteiger partial charge < -0.3 is 11.1 Å². The smallest absolute Gasteiger partial charge is 0.398 e. The molecular formula is C11H13F3N2. The Kier molecular flexibility index (Phi) is 3.95. The monoisotopic (exact) mass is 230 g/mol. The van der Waals surface area contributed by atoms with Crippen LogP contribution in [0.15, 0.2) is 24.3 Å². The first-order valence-electron chi connectivity index (χ1n) is 4.73. The summed E-state index contributed by atoms with van der Waals surface area (Å²) in [6, 6.07) is 3.70. The predicted molar refractivity (Wildman–Crippen MR) is 58.8 cm³/mol. The molecule has 0 saturated heterocycles. The van der Waals surface area contributed by atoms with E-state index in [0.717, 1.165) is 6.07 Å². The molecule has 2 nitrogen and oxygen atoms in total. The largest absolute Gasteiger partial charge is 0.418 e. The molecule has 0 amide bonds. The summed E-state index contributed by atoms with van der Waals surface area (Å²) in [7, 11) is 1.78. The number of nitrogen functional groups attached to an aromatic ring is 1. The summed E-state index contributed by atoms with van der Waals surface area (Å²) in [6.07, 6.45) is -0.869. The van der Waals surface area contributed by atoms with Gasteiger partial charge in [0.2, 0.25) is 0 Å². The number of hydrogen-bond donors (Lipinski definition) is 2. The number of alkyl halides is 3. The standard InChI is InChI=1S/C11H13F3N2/c1-16-6-2-3-8-4-5-9(10(15)7-8)11(12,13)14/h2-5,7,16H,6,15H2,1H3. The van der Waals surface area contributed by atoms with E-state index in [0.29, 0.717) is 12.1 Å². The van der Waals surface area contributed by atoms with E-state index in [1.165, 1.54) is 12.1 Å². The van der Waals surface area contributed by atoms with Crippen LogP contribution in [-0.2, 0) is 6.18 Å². The molecule has 1 rings (SSSR count). The summed E-state index contributed by atoms with van der Waals surface area (Å²) < 4.78 is 37.1. The van der Waals surface area contributed by atoms with Crippen molar-refractivity contribution >= 4 is 11.8 Å². The summed E-state index contributed by atoms with van der Waals surface area (Å²) in [5.74, 6) is 0. The Morgan fingerprint density at radius 2 is 2.06 bits per heavy atom. The average Bonchev–Trinajstić information content (AvgIpc) is 2.16. The van der Waals surface area contributed by atoms with Gasteiger partial charge in [-0.3, -0.25) is 0 Å². The summed E-state index contributed by atoms with van der Waals surface area (Å²) >= 11 is 0. The van der Waals surface area contributed by atoms with Gasteiger partial charge in [-0.1, -0.05) is 18.2 Å². The number of benzene rings is 1. The predicted octanol–water partition coefficient (Wildman–Crippen LogP) is 2.52. The van der Waals surface area contributed by atoms with Gasteiger partial charge in [-0.25, -0.2) is 0 Å². The van der Waals surface area contributed by atoms with Crippen molar-refractivity contribution in [3.63, 3.8) is 0 Å².